The van der Waals surface area contributed by atoms with E-state index in [9.17, 15) is 14.4 Å². The van der Waals surface area contributed by atoms with Crippen LogP contribution in [-0.4, -0.2) is 47.1 Å². The Morgan fingerprint density at radius 2 is 2.06 bits per heavy atom. The van der Waals surface area contributed by atoms with Gasteiger partial charge in [-0.3, -0.25) is 14.4 Å². The number of carboxylic acid groups (broad SMARTS) is 1. The molecule has 1 unspecified atom stereocenters. The van der Waals surface area contributed by atoms with E-state index in [1.807, 2.05) is 0 Å². The van der Waals surface area contributed by atoms with Crippen LogP contribution in [-0.2, 0) is 19.1 Å². The molecule has 2 N–H and O–H groups in total. The summed E-state index contributed by atoms with van der Waals surface area (Å²) in [5.74, 6) is -1.33. The van der Waals surface area contributed by atoms with E-state index in [0.717, 1.165) is 11.8 Å². The number of nitrogens with one attached hydrogen (secondary N) is 1. The Morgan fingerprint density at radius 3 is 2.61 bits per heavy atom. The normalized spacial score (nSPS) is 11.7. The molecule has 0 saturated heterocycles. The number of aliphatic carboxylic acids is 1. The molecule has 0 spiro atoms. The molecular weight excluding hydrogens is 258 g/mol. The monoisotopic (exact) mass is 277 g/mol. The van der Waals surface area contributed by atoms with Gasteiger partial charge in [0.25, 0.3) is 0 Å². The quantitative estimate of drug-likeness (QED) is 0.475. The van der Waals surface area contributed by atoms with Crippen LogP contribution >= 0.6 is 11.8 Å². The number of amides is 1. The van der Waals surface area contributed by atoms with Crippen LogP contribution in [0.5, 0.6) is 0 Å². The standard InChI is InChI=1S/C11H19NO5S/c1-3-17-10(14)5-4-6-12-9(13)7-18-8(2)11(15)16/h8H,3-7H2,1-2H3,(H,12,13)(H,15,16). The first-order chi connectivity index (χ1) is 8.47. The van der Waals surface area contributed by atoms with Crippen molar-refractivity contribution in [2.24, 2.45) is 0 Å². The minimum atomic E-state index is -0.935. The van der Waals surface area contributed by atoms with Gasteiger partial charge in [-0.05, 0) is 20.3 Å². The van der Waals surface area contributed by atoms with Crippen molar-refractivity contribution in [3.8, 4) is 0 Å². The molecule has 0 aliphatic rings. The van der Waals surface area contributed by atoms with Gasteiger partial charge in [-0.1, -0.05) is 0 Å². The van der Waals surface area contributed by atoms with Gasteiger partial charge >= 0.3 is 11.9 Å². The number of carbonyl (C=O) groups is 3. The molecule has 0 aliphatic heterocycles. The molecule has 0 aliphatic carbocycles. The SMILES string of the molecule is CCOC(=O)CCCNC(=O)CSC(C)C(=O)O. The minimum absolute atomic E-state index is 0.104. The van der Waals surface area contributed by atoms with Crippen LogP contribution in [0.25, 0.3) is 0 Å². The molecule has 0 bridgehead atoms. The molecule has 0 heterocycles. The van der Waals surface area contributed by atoms with E-state index >= 15 is 0 Å². The zero-order valence-electron chi connectivity index (χ0n) is 10.6. The van der Waals surface area contributed by atoms with Crippen molar-refractivity contribution in [3.63, 3.8) is 0 Å². The van der Waals surface area contributed by atoms with Gasteiger partial charge in [0.05, 0.1) is 17.6 Å². The second-order valence-corrected chi connectivity index (χ2v) is 4.88. The molecule has 0 aromatic heterocycles. The molecule has 0 fully saturated rings. The van der Waals surface area contributed by atoms with E-state index in [0.29, 0.717) is 19.6 Å². The third-order valence-electron chi connectivity index (χ3n) is 2.00. The Hall–Kier alpha value is -1.24. The average molecular weight is 277 g/mol. The van der Waals surface area contributed by atoms with Gasteiger partial charge in [0.1, 0.15) is 0 Å². The summed E-state index contributed by atoms with van der Waals surface area (Å²) in [5.41, 5.74) is 0. The Labute approximate surface area is 110 Å². The van der Waals surface area contributed by atoms with Gasteiger partial charge in [0, 0.05) is 13.0 Å². The number of carboxylic acids is 1. The average Bonchev–Trinajstić information content (AvgIpc) is 2.31. The Balaban J connectivity index is 3.54. The van der Waals surface area contributed by atoms with Crippen LogP contribution < -0.4 is 5.32 Å². The highest BCUT2D eigenvalue weighted by atomic mass is 32.2. The third-order valence-corrected chi connectivity index (χ3v) is 3.13. The number of hydrogen-bond donors (Lipinski definition) is 2. The second kappa shape index (κ2) is 9.76. The van der Waals surface area contributed by atoms with E-state index in [1.54, 1.807) is 6.92 Å². The first-order valence-corrected chi connectivity index (χ1v) is 6.79. The van der Waals surface area contributed by atoms with Gasteiger partial charge < -0.3 is 15.2 Å². The highest BCUT2D eigenvalue weighted by Crippen LogP contribution is 2.09. The number of thioether (sulfide) groups is 1. The lowest BCUT2D eigenvalue weighted by molar-refractivity contribution is -0.143. The smallest absolute Gasteiger partial charge is 0.316 e. The van der Waals surface area contributed by atoms with Gasteiger partial charge in [-0.2, -0.15) is 0 Å². The van der Waals surface area contributed by atoms with E-state index in [-0.39, 0.29) is 24.1 Å². The molecule has 1 amide bonds. The summed E-state index contributed by atoms with van der Waals surface area (Å²) in [6.45, 7) is 4.01. The van der Waals surface area contributed by atoms with Crippen LogP contribution in [0.2, 0.25) is 0 Å². The molecule has 1 atom stereocenters. The van der Waals surface area contributed by atoms with Crippen LogP contribution in [0, 0.1) is 0 Å². The molecule has 0 aromatic carbocycles. The highest BCUT2D eigenvalue weighted by Gasteiger charge is 2.13. The fourth-order valence-electron chi connectivity index (χ4n) is 1.02. The van der Waals surface area contributed by atoms with Crippen LogP contribution in [0.15, 0.2) is 0 Å². The van der Waals surface area contributed by atoms with E-state index in [4.69, 9.17) is 9.84 Å². The molecule has 0 rings (SSSR count). The van der Waals surface area contributed by atoms with Crippen LogP contribution in [0.1, 0.15) is 26.7 Å². The number of carbonyl (C=O) groups excluding carboxylic acids is 2. The van der Waals surface area contributed by atoms with E-state index in [2.05, 4.69) is 5.32 Å². The van der Waals surface area contributed by atoms with Crippen molar-refractivity contribution >= 4 is 29.6 Å². The lowest BCUT2D eigenvalue weighted by Crippen LogP contribution is -2.28. The van der Waals surface area contributed by atoms with Crippen molar-refractivity contribution in [1.82, 2.24) is 5.32 Å². The molecule has 0 radical (unpaired) electrons. The predicted octanol–water partition coefficient (Wildman–Crippen LogP) is 0.652. The number of esters is 1. The Morgan fingerprint density at radius 1 is 1.39 bits per heavy atom. The molecule has 6 nitrogen and oxygen atoms in total. The van der Waals surface area contributed by atoms with Crippen molar-refractivity contribution < 1.29 is 24.2 Å². The Kier molecular flexibility index (Phi) is 9.08. The molecule has 0 aromatic rings. The summed E-state index contributed by atoms with van der Waals surface area (Å²) >= 11 is 1.06. The third kappa shape index (κ3) is 8.86. The van der Waals surface area contributed by atoms with E-state index < -0.39 is 11.2 Å². The van der Waals surface area contributed by atoms with E-state index in [1.165, 1.54) is 6.92 Å². The maximum absolute atomic E-state index is 11.3. The van der Waals surface area contributed by atoms with Crippen molar-refractivity contribution in [3.05, 3.63) is 0 Å². The van der Waals surface area contributed by atoms with Crippen molar-refractivity contribution in [2.45, 2.75) is 31.9 Å². The van der Waals surface area contributed by atoms with Crippen molar-refractivity contribution in [1.29, 1.82) is 0 Å². The first kappa shape index (κ1) is 16.8. The molecule has 18 heavy (non-hydrogen) atoms. The summed E-state index contributed by atoms with van der Waals surface area (Å²) in [6, 6.07) is 0. The van der Waals surface area contributed by atoms with Crippen molar-refractivity contribution in [2.75, 3.05) is 18.9 Å². The lowest BCUT2D eigenvalue weighted by Gasteiger charge is -2.07. The summed E-state index contributed by atoms with van der Waals surface area (Å²) in [7, 11) is 0. The summed E-state index contributed by atoms with van der Waals surface area (Å²) < 4.78 is 4.73. The van der Waals surface area contributed by atoms with Crippen LogP contribution in [0.3, 0.4) is 0 Å². The number of hydrogen-bond acceptors (Lipinski definition) is 5. The molecular formula is C11H19NO5S. The predicted molar refractivity (Wildman–Crippen MR) is 68.4 cm³/mol. The Bertz CT molecular complexity index is 295. The fraction of sp³-hybridized carbons (Fsp3) is 0.727. The topological polar surface area (TPSA) is 92.7 Å². The van der Waals surface area contributed by atoms with Gasteiger partial charge in [0.2, 0.25) is 5.91 Å². The largest absolute Gasteiger partial charge is 0.480 e. The fourth-order valence-corrected chi connectivity index (χ4v) is 1.66. The van der Waals surface area contributed by atoms with Gasteiger partial charge in [0.15, 0.2) is 0 Å². The number of ether oxygens (including phenoxy) is 1. The molecule has 0 saturated carbocycles. The zero-order valence-corrected chi connectivity index (χ0v) is 11.4. The second-order valence-electron chi connectivity index (χ2n) is 3.55. The lowest BCUT2D eigenvalue weighted by atomic mass is 10.3. The number of rotatable bonds is 9. The van der Waals surface area contributed by atoms with Gasteiger partial charge in [-0.25, -0.2) is 0 Å². The van der Waals surface area contributed by atoms with Crippen LogP contribution in [0.4, 0.5) is 0 Å². The summed E-state index contributed by atoms with van der Waals surface area (Å²) in [5, 5.41) is 10.6. The summed E-state index contributed by atoms with van der Waals surface area (Å²) in [4.78, 5) is 32.8. The summed E-state index contributed by atoms with van der Waals surface area (Å²) in [6.07, 6.45) is 0.788. The maximum Gasteiger partial charge on any atom is 0.316 e. The van der Waals surface area contributed by atoms with Gasteiger partial charge in [-0.15, -0.1) is 11.8 Å². The minimum Gasteiger partial charge on any atom is -0.480 e. The molecule has 7 heteroatoms. The highest BCUT2D eigenvalue weighted by molar-refractivity contribution is 8.01. The molecule has 104 valence electrons. The maximum atomic E-state index is 11.3. The zero-order chi connectivity index (χ0) is 14.0. The first-order valence-electron chi connectivity index (χ1n) is 5.74.